The van der Waals surface area contributed by atoms with E-state index in [0.29, 0.717) is 11.1 Å². The first kappa shape index (κ1) is 18.8. The Kier molecular flexibility index (Phi) is 6.01. The van der Waals surface area contributed by atoms with Crippen molar-refractivity contribution in [1.29, 1.82) is 0 Å². The molecule has 0 saturated carbocycles. The second-order valence-corrected chi connectivity index (χ2v) is 6.93. The fraction of sp³-hybridized carbons (Fsp3) is 0.318. The first-order chi connectivity index (χ1) is 13.0. The van der Waals surface area contributed by atoms with Crippen molar-refractivity contribution in [2.45, 2.75) is 44.6 Å². The van der Waals surface area contributed by atoms with Crippen molar-refractivity contribution in [3.05, 3.63) is 70.8 Å². The van der Waals surface area contributed by atoms with Gasteiger partial charge in [0.05, 0.1) is 0 Å². The molecule has 1 aliphatic rings. The van der Waals surface area contributed by atoms with Gasteiger partial charge < -0.3 is 11.1 Å². The van der Waals surface area contributed by atoms with E-state index in [0.717, 1.165) is 19.3 Å². The average Bonchev–Trinajstić information content (AvgIpc) is 2.70. The zero-order chi connectivity index (χ0) is 19.2. The third kappa shape index (κ3) is 4.82. The number of carbonyl (C=O) groups is 3. The van der Waals surface area contributed by atoms with E-state index in [-0.39, 0.29) is 24.5 Å². The molecule has 1 atom stereocenters. The van der Waals surface area contributed by atoms with Gasteiger partial charge in [0.2, 0.25) is 11.8 Å². The summed E-state index contributed by atoms with van der Waals surface area (Å²) in [5.74, 6) is -1.06. The SMILES string of the molecule is NC(=O)C(NC(=O)CCC(=O)c1ccc2c(c1)CCCC2)c1ccccc1. The minimum absolute atomic E-state index is 0.0204. The van der Waals surface area contributed by atoms with Crippen molar-refractivity contribution in [3.8, 4) is 0 Å². The standard InChI is InChI=1S/C22H24N2O3/c23-22(27)21(16-7-2-1-3-8-16)24-20(26)13-12-19(25)18-11-10-15-6-4-5-9-17(15)14-18/h1-3,7-8,10-11,14,21H,4-6,9,12-13H2,(H2,23,27)(H,24,26). The predicted octanol–water partition coefficient (Wildman–Crippen LogP) is 2.87. The van der Waals surface area contributed by atoms with Gasteiger partial charge >= 0.3 is 0 Å². The number of hydrogen-bond acceptors (Lipinski definition) is 3. The largest absolute Gasteiger partial charge is 0.368 e. The van der Waals surface area contributed by atoms with Gasteiger partial charge in [-0.2, -0.15) is 0 Å². The quantitative estimate of drug-likeness (QED) is 0.740. The molecule has 2 amide bonds. The molecule has 0 fully saturated rings. The van der Waals surface area contributed by atoms with E-state index in [1.807, 2.05) is 24.3 Å². The van der Waals surface area contributed by atoms with Gasteiger partial charge in [-0.3, -0.25) is 14.4 Å². The maximum atomic E-state index is 12.5. The van der Waals surface area contributed by atoms with Crippen LogP contribution in [-0.4, -0.2) is 17.6 Å². The van der Waals surface area contributed by atoms with Crippen LogP contribution in [0.1, 0.15) is 58.8 Å². The molecule has 140 valence electrons. The Morgan fingerprint density at radius 3 is 2.33 bits per heavy atom. The summed E-state index contributed by atoms with van der Waals surface area (Å²) in [6.07, 6.45) is 4.55. The molecule has 1 aliphatic carbocycles. The van der Waals surface area contributed by atoms with E-state index >= 15 is 0 Å². The molecule has 0 aromatic heterocycles. The lowest BCUT2D eigenvalue weighted by molar-refractivity contribution is -0.127. The number of rotatable bonds is 7. The van der Waals surface area contributed by atoms with Crippen LogP contribution >= 0.6 is 0 Å². The summed E-state index contributed by atoms with van der Waals surface area (Å²) in [6, 6.07) is 13.8. The summed E-state index contributed by atoms with van der Waals surface area (Å²) in [5.41, 5.74) is 9.25. The third-order valence-electron chi connectivity index (χ3n) is 4.97. The lowest BCUT2D eigenvalue weighted by Crippen LogP contribution is -2.37. The molecule has 3 N–H and O–H groups in total. The Labute approximate surface area is 159 Å². The van der Waals surface area contributed by atoms with Gasteiger partial charge in [0.25, 0.3) is 0 Å². The van der Waals surface area contributed by atoms with Crippen molar-refractivity contribution in [2.24, 2.45) is 5.73 Å². The molecule has 0 aliphatic heterocycles. The topological polar surface area (TPSA) is 89.3 Å². The molecule has 0 radical (unpaired) electrons. The van der Waals surface area contributed by atoms with E-state index in [1.54, 1.807) is 24.3 Å². The van der Waals surface area contributed by atoms with Crippen LogP contribution in [-0.2, 0) is 22.4 Å². The smallest absolute Gasteiger partial charge is 0.244 e. The van der Waals surface area contributed by atoms with Gasteiger partial charge in [-0.15, -0.1) is 0 Å². The summed E-state index contributed by atoms with van der Waals surface area (Å²) < 4.78 is 0. The number of primary amides is 1. The van der Waals surface area contributed by atoms with Crippen LogP contribution in [0.5, 0.6) is 0 Å². The van der Waals surface area contributed by atoms with Crippen LogP contribution in [0.3, 0.4) is 0 Å². The molecular weight excluding hydrogens is 340 g/mol. The van der Waals surface area contributed by atoms with Gasteiger partial charge in [0.15, 0.2) is 5.78 Å². The highest BCUT2D eigenvalue weighted by Gasteiger charge is 2.20. The summed E-state index contributed by atoms with van der Waals surface area (Å²) in [6.45, 7) is 0. The number of nitrogens with two attached hydrogens (primary N) is 1. The highest BCUT2D eigenvalue weighted by molar-refractivity contribution is 5.98. The first-order valence-electron chi connectivity index (χ1n) is 9.33. The maximum absolute atomic E-state index is 12.5. The first-order valence-corrected chi connectivity index (χ1v) is 9.33. The third-order valence-corrected chi connectivity index (χ3v) is 4.97. The lowest BCUT2D eigenvalue weighted by atomic mass is 9.89. The number of carbonyl (C=O) groups excluding carboxylic acids is 3. The Hall–Kier alpha value is -2.95. The molecule has 2 aromatic carbocycles. The van der Waals surface area contributed by atoms with Gasteiger partial charge in [0.1, 0.15) is 6.04 Å². The normalized spacial score (nSPS) is 14.1. The van der Waals surface area contributed by atoms with Crippen LogP contribution in [0, 0.1) is 0 Å². The van der Waals surface area contributed by atoms with E-state index in [4.69, 9.17) is 5.73 Å². The number of amides is 2. The Morgan fingerprint density at radius 1 is 0.926 bits per heavy atom. The molecule has 0 saturated heterocycles. The molecule has 1 unspecified atom stereocenters. The Balaban J connectivity index is 1.58. The Morgan fingerprint density at radius 2 is 1.63 bits per heavy atom. The van der Waals surface area contributed by atoms with Crippen molar-refractivity contribution >= 4 is 17.6 Å². The number of aryl methyl sites for hydroxylation is 2. The van der Waals surface area contributed by atoms with E-state index in [1.165, 1.54) is 17.5 Å². The molecule has 27 heavy (non-hydrogen) atoms. The van der Waals surface area contributed by atoms with Gasteiger partial charge in [-0.05, 0) is 48.4 Å². The molecular formula is C22H24N2O3. The predicted molar refractivity (Wildman–Crippen MR) is 103 cm³/mol. The maximum Gasteiger partial charge on any atom is 0.244 e. The van der Waals surface area contributed by atoms with Crippen molar-refractivity contribution < 1.29 is 14.4 Å². The summed E-state index contributed by atoms with van der Waals surface area (Å²) in [7, 11) is 0. The number of ketones is 1. The second-order valence-electron chi connectivity index (χ2n) is 6.93. The van der Waals surface area contributed by atoms with Crippen molar-refractivity contribution in [3.63, 3.8) is 0 Å². The minimum Gasteiger partial charge on any atom is -0.368 e. The molecule has 3 rings (SSSR count). The number of benzene rings is 2. The minimum atomic E-state index is -0.891. The van der Waals surface area contributed by atoms with Gasteiger partial charge in [-0.1, -0.05) is 42.5 Å². The van der Waals surface area contributed by atoms with Gasteiger partial charge in [0, 0.05) is 18.4 Å². The van der Waals surface area contributed by atoms with Crippen LogP contribution in [0.4, 0.5) is 0 Å². The van der Waals surface area contributed by atoms with Crippen LogP contribution in [0.25, 0.3) is 0 Å². The van der Waals surface area contributed by atoms with E-state index < -0.39 is 11.9 Å². The Bertz CT molecular complexity index is 846. The van der Waals surface area contributed by atoms with E-state index in [9.17, 15) is 14.4 Å². The molecule has 5 nitrogen and oxygen atoms in total. The monoisotopic (exact) mass is 364 g/mol. The second kappa shape index (κ2) is 8.62. The van der Waals surface area contributed by atoms with Crippen molar-refractivity contribution in [2.75, 3.05) is 0 Å². The fourth-order valence-electron chi connectivity index (χ4n) is 3.48. The fourth-order valence-corrected chi connectivity index (χ4v) is 3.48. The van der Waals surface area contributed by atoms with Gasteiger partial charge in [-0.25, -0.2) is 0 Å². The summed E-state index contributed by atoms with van der Waals surface area (Å²) in [4.78, 5) is 36.4. The number of Topliss-reactive ketones (excluding diaryl/α,β-unsaturated/α-hetero) is 1. The number of nitrogens with one attached hydrogen (secondary N) is 1. The molecule has 0 spiro atoms. The van der Waals surface area contributed by atoms with Crippen LogP contribution in [0.2, 0.25) is 0 Å². The molecule has 2 aromatic rings. The van der Waals surface area contributed by atoms with Crippen LogP contribution < -0.4 is 11.1 Å². The molecule has 0 bridgehead atoms. The van der Waals surface area contributed by atoms with Crippen LogP contribution in [0.15, 0.2) is 48.5 Å². The lowest BCUT2D eigenvalue weighted by Gasteiger charge is -2.17. The number of fused-ring (bicyclic) bond motifs is 1. The zero-order valence-corrected chi connectivity index (χ0v) is 15.2. The van der Waals surface area contributed by atoms with Crippen molar-refractivity contribution in [1.82, 2.24) is 5.32 Å². The highest BCUT2D eigenvalue weighted by atomic mass is 16.2. The number of hydrogen-bond donors (Lipinski definition) is 2. The van der Waals surface area contributed by atoms with E-state index in [2.05, 4.69) is 5.32 Å². The average molecular weight is 364 g/mol. The molecule has 5 heteroatoms. The zero-order valence-electron chi connectivity index (χ0n) is 15.2. The summed E-state index contributed by atoms with van der Waals surface area (Å²) >= 11 is 0. The highest BCUT2D eigenvalue weighted by Crippen LogP contribution is 2.23. The summed E-state index contributed by atoms with van der Waals surface area (Å²) in [5, 5.41) is 2.62. The molecule has 0 heterocycles.